The van der Waals surface area contributed by atoms with E-state index in [0.717, 1.165) is 47.9 Å². The van der Waals surface area contributed by atoms with Crippen LogP contribution in [0.2, 0.25) is 0 Å². The van der Waals surface area contributed by atoms with Crippen LogP contribution in [0.1, 0.15) is 80.9 Å². The van der Waals surface area contributed by atoms with Gasteiger partial charge in [-0.05, 0) is 68.1 Å². The smallest absolute Gasteiger partial charge is 0.246 e. The first kappa shape index (κ1) is 36.0. The van der Waals surface area contributed by atoms with Crippen molar-refractivity contribution in [3.63, 3.8) is 0 Å². The zero-order valence-electron chi connectivity index (χ0n) is 31.2. The molecule has 8 rings (SSSR count). The predicted molar refractivity (Wildman–Crippen MR) is 206 cm³/mol. The summed E-state index contributed by atoms with van der Waals surface area (Å²) in [5.41, 5.74) is 2.14. The highest BCUT2D eigenvalue weighted by atomic mass is 16.3. The Morgan fingerprint density at radius 2 is 1.26 bits per heavy atom. The summed E-state index contributed by atoms with van der Waals surface area (Å²) in [5, 5.41) is 14.3. The van der Waals surface area contributed by atoms with Crippen molar-refractivity contribution in [2.45, 2.75) is 87.8 Å². The minimum absolute atomic E-state index is 0.0726. The molecule has 0 spiro atoms. The van der Waals surface area contributed by atoms with Crippen LogP contribution in [-0.4, -0.2) is 101 Å². The van der Waals surface area contributed by atoms with E-state index in [0.29, 0.717) is 25.4 Å². The summed E-state index contributed by atoms with van der Waals surface area (Å²) >= 11 is 0. The molecule has 0 radical (unpaired) electrons. The number of quaternary nitrogens is 1. The van der Waals surface area contributed by atoms with Crippen molar-refractivity contribution in [2.24, 2.45) is 17.8 Å². The summed E-state index contributed by atoms with van der Waals surface area (Å²) in [6, 6.07) is 28.9. The van der Waals surface area contributed by atoms with E-state index in [1.807, 2.05) is 54.6 Å². The van der Waals surface area contributed by atoms with Gasteiger partial charge >= 0.3 is 0 Å². The molecule has 3 aromatic rings. The van der Waals surface area contributed by atoms with E-state index in [2.05, 4.69) is 41.7 Å². The molecular formula is C45H57N4O4+. The summed E-state index contributed by atoms with van der Waals surface area (Å²) in [6.07, 6.45) is 8.73. The van der Waals surface area contributed by atoms with E-state index in [4.69, 9.17) is 0 Å². The molecule has 0 unspecified atom stereocenters. The van der Waals surface area contributed by atoms with Crippen molar-refractivity contribution in [1.29, 1.82) is 0 Å². The van der Waals surface area contributed by atoms with Crippen LogP contribution in [0.15, 0.2) is 91.0 Å². The lowest BCUT2D eigenvalue weighted by Gasteiger charge is -2.45. The minimum Gasteiger partial charge on any atom is -0.391 e. The van der Waals surface area contributed by atoms with Crippen LogP contribution in [0.25, 0.3) is 0 Å². The van der Waals surface area contributed by atoms with Gasteiger partial charge in [-0.25, -0.2) is 0 Å². The Morgan fingerprint density at radius 1 is 0.698 bits per heavy atom. The number of carbonyl (C=O) groups excluding carboxylic acids is 3. The maximum atomic E-state index is 14.7. The lowest BCUT2D eigenvalue weighted by molar-refractivity contribution is -0.939. The fraction of sp³-hybridized carbons (Fsp3) is 0.533. The Hall–Kier alpha value is -4.01. The normalized spacial score (nSPS) is 25.7. The third-order valence-corrected chi connectivity index (χ3v) is 13.1. The molecule has 3 aliphatic heterocycles. The summed E-state index contributed by atoms with van der Waals surface area (Å²) in [6.45, 7) is 6.33. The maximum absolute atomic E-state index is 14.7. The number of aliphatic hydroxyl groups excluding tert-OH is 1. The first-order valence-electron chi connectivity index (χ1n) is 20.4. The number of hydrogen-bond acceptors (Lipinski definition) is 4. The van der Waals surface area contributed by atoms with Gasteiger partial charge in [0.1, 0.15) is 12.1 Å². The number of aliphatic hydroxyl groups is 1. The second-order valence-electron chi connectivity index (χ2n) is 17.1. The van der Waals surface area contributed by atoms with Gasteiger partial charge in [0.25, 0.3) is 0 Å². The third-order valence-electron chi connectivity index (χ3n) is 13.1. The molecule has 280 valence electrons. The molecule has 3 aromatic carbocycles. The lowest BCUT2D eigenvalue weighted by atomic mass is 9.67. The van der Waals surface area contributed by atoms with Crippen LogP contribution in [0.3, 0.4) is 0 Å². The molecule has 2 N–H and O–H groups in total. The fourth-order valence-electron chi connectivity index (χ4n) is 10.2. The molecule has 0 aromatic heterocycles. The Morgan fingerprint density at radius 3 is 1.81 bits per heavy atom. The number of nitrogens with zero attached hydrogens (tertiary/aromatic N) is 3. The zero-order chi connectivity index (χ0) is 36.4. The van der Waals surface area contributed by atoms with Crippen molar-refractivity contribution in [2.75, 3.05) is 45.8 Å². The second-order valence-corrected chi connectivity index (χ2v) is 17.1. The van der Waals surface area contributed by atoms with Crippen molar-refractivity contribution in [3.05, 3.63) is 108 Å². The van der Waals surface area contributed by atoms with Crippen molar-refractivity contribution >= 4 is 17.7 Å². The van der Waals surface area contributed by atoms with Crippen molar-refractivity contribution in [3.8, 4) is 0 Å². The molecule has 0 bridgehead atoms. The van der Waals surface area contributed by atoms with Gasteiger partial charge in [0.2, 0.25) is 17.7 Å². The number of carbonyl (C=O) groups is 3. The molecule has 8 heteroatoms. The molecule has 4 atom stereocenters. The van der Waals surface area contributed by atoms with Gasteiger partial charge in [-0.15, -0.1) is 0 Å². The van der Waals surface area contributed by atoms with E-state index < -0.39 is 23.6 Å². The molecule has 3 saturated heterocycles. The molecule has 53 heavy (non-hydrogen) atoms. The van der Waals surface area contributed by atoms with Gasteiger partial charge in [-0.1, -0.05) is 91.0 Å². The van der Waals surface area contributed by atoms with Crippen molar-refractivity contribution in [1.82, 2.24) is 15.1 Å². The minimum atomic E-state index is -0.815. The van der Waals surface area contributed by atoms with Crippen LogP contribution in [0.4, 0.5) is 0 Å². The van der Waals surface area contributed by atoms with Crippen LogP contribution < -0.4 is 5.32 Å². The topological polar surface area (TPSA) is 89.9 Å². The largest absolute Gasteiger partial charge is 0.391 e. The molecule has 8 nitrogen and oxygen atoms in total. The van der Waals surface area contributed by atoms with E-state index in [9.17, 15) is 19.5 Å². The quantitative estimate of drug-likeness (QED) is 0.180. The number of benzene rings is 3. The number of piperidine rings is 1. The van der Waals surface area contributed by atoms with Gasteiger partial charge in [0.05, 0.1) is 37.7 Å². The highest BCUT2D eigenvalue weighted by molar-refractivity contribution is 5.93. The van der Waals surface area contributed by atoms with E-state index in [-0.39, 0.29) is 37.1 Å². The fourth-order valence-corrected chi connectivity index (χ4v) is 10.2. The molecule has 3 amide bonds. The average molecular weight is 718 g/mol. The van der Waals surface area contributed by atoms with Crippen LogP contribution in [0, 0.1) is 17.8 Å². The number of likely N-dealkylation sites (tertiary alicyclic amines) is 3. The SMILES string of the molecule is O=C(NC[C@@H]1CCC[N+](CC2CC2)(CC2CC2)C1)[C@H]1CCCN1C(=O)[C@@H]1C[C@@H](O)CN1C(=O)CC(c1ccccc1)(c1ccccc1)c1ccccc1. The van der Waals surface area contributed by atoms with E-state index >= 15 is 0 Å². The highest BCUT2D eigenvalue weighted by Gasteiger charge is 2.48. The standard InChI is InChI=1S/C45H56N4O4/c50-39-26-41(48(29-39)42(51)27-45(36-13-4-1-5-14-36,37-15-6-2-7-16-37)38-17-8-3-9-18-38)44(53)47-24-10-19-40(47)43(52)46-28-35-12-11-25-49(32-35,30-33-20-21-33)31-34-22-23-34/h1-9,13-18,33-35,39-41,50H,10-12,19-32H2/p+1/t35-,39+,40+,41-/m0/s1. The Labute approximate surface area is 315 Å². The number of rotatable bonds is 13. The number of β-amino-alcohol motifs (C(OH)–C–C–N with tert-alkyl or cyclic N) is 1. The molecule has 2 saturated carbocycles. The van der Waals surface area contributed by atoms with Gasteiger partial charge in [0.15, 0.2) is 0 Å². The van der Waals surface area contributed by atoms with Crippen molar-refractivity contribution < 1.29 is 24.0 Å². The maximum Gasteiger partial charge on any atom is 0.246 e. The van der Waals surface area contributed by atoms with Crippen LogP contribution in [0.5, 0.6) is 0 Å². The molecule has 5 aliphatic rings. The number of amides is 3. The first-order valence-corrected chi connectivity index (χ1v) is 20.4. The predicted octanol–water partition coefficient (Wildman–Crippen LogP) is 5.53. The monoisotopic (exact) mass is 717 g/mol. The van der Waals surface area contributed by atoms with Crippen LogP contribution >= 0.6 is 0 Å². The van der Waals surface area contributed by atoms with Gasteiger partial charge in [-0.2, -0.15) is 0 Å². The summed E-state index contributed by atoms with van der Waals surface area (Å²) in [4.78, 5) is 46.3. The van der Waals surface area contributed by atoms with Gasteiger partial charge < -0.3 is 24.7 Å². The zero-order valence-corrected chi connectivity index (χ0v) is 31.2. The Bertz CT molecular complexity index is 1620. The lowest BCUT2D eigenvalue weighted by Crippen LogP contribution is -2.58. The van der Waals surface area contributed by atoms with E-state index in [1.54, 1.807) is 9.80 Å². The number of hydrogen-bond donors (Lipinski definition) is 2. The summed E-state index contributed by atoms with van der Waals surface area (Å²) in [5.74, 6) is 1.77. The van der Waals surface area contributed by atoms with Crippen LogP contribution in [-0.2, 0) is 19.8 Å². The molecule has 5 fully saturated rings. The Balaban J connectivity index is 0.979. The third kappa shape index (κ3) is 7.81. The highest BCUT2D eigenvalue weighted by Crippen LogP contribution is 2.44. The summed E-state index contributed by atoms with van der Waals surface area (Å²) < 4.78 is 1.25. The van der Waals surface area contributed by atoms with Gasteiger partial charge in [-0.3, -0.25) is 14.4 Å². The number of nitrogens with one attached hydrogen (secondary N) is 1. The first-order chi connectivity index (χ1) is 25.8. The molecule has 2 aliphatic carbocycles. The average Bonchev–Trinajstić information content (AvgIpc) is 4.10. The molecule has 3 heterocycles. The second kappa shape index (κ2) is 15.4. The molecular weight excluding hydrogens is 661 g/mol. The Kier molecular flexibility index (Phi) is 10.4. The summed E-state index contributed by atoms with van der Waals surface area (Å²) in [7, 11) is 0. The van der Waals surface area contributed by atoms with Gasteiger partial charge in [0, 0.05) is 50.2 Å². The van der Waals surface area contributed by atoms with E-state index in [1.165, 1.54) is 56.2 Å².